The van der Waals surface area contributed by atoms with Gasteiger partial charge in [0.25, 0.3) is 0 Å². The van der Waals surface area contributed by atoms with Gasteiger partial charge in [0.05, 0.1) is 0 Å². The zero-order chi connectivity index (χ0) is 24.9. The molecule has 0 saturated heterocycles. The van der Waals surface area contributed by atoms with Crippen molar-refractivity contribution in [3.63, 3.8) is 0 Å². The summed E-state index contributed by atoms with van der Waals surface area (Å²) >= 11 is 3.11. The van der Waals surface area contributed by atoms with Crippen LogP contribution in [0, 0.1) is 12.7 Å². The van der Waals surface area contributed by atoms with Crippen LogP contribution in [0.4, 0.5) is 4.39 Å². The van der Waals surface area contributed by atoms with Crippen LogP contribution in [0.1, 0.15) is 64.9 Å². The van der Waals surface area contributed by atoms with Crippen molar-refractivity contribution in [3.05, 3.63) is 52.9 Å². The van der Waals surface area contributed by atoms with E-state index in [0.29, 0.717) is 5.39 Å². The van der Waals surface area contributed by atoms with Crippen LogP contribution in [0.15, 0.2) is 41.4 Å². The van der Waals surface area contributed by atoms with E-state index in [4.69, 9.17) is 11.6 Å². The molecule has 0 saturated carbocycles. The SMILES string of the molecule is CCC[CH2][Sn]([CH2]CCC)([CH2]CCC)[c]1cc2c(Cl)c(F)cnc2n1S(=O)(=O)c1ccc(C)cc1. The molecule has 0 bridgehead atoms. The normalized spacial score (nSPS) is 12.5. The molecule has 1 aromatic carbocycles. The molecule has 0 aliphatic rings. The molecule has 3 rings (SSSR count). The summed E-state index contributed by atoms with van der Waals surface area (Å²) in [6.45, 7) is 8.48. The summed E-state index contributed by atoms with van der Waals surface area (Å²) in [4.78, 5) is 4.51. The van der Waals surface area contributed by atoms with Gasteiger partial charge in [0.15, 0.2) is 0 Å². The van der Waals surface area contributed by atoms with Gasteiger partial charge >= 0.3 is 214 Å². The second kappa shape index (κ2) is 11.7. The summed E-state index contributed by atoms with van der Waals surface area (Å²) in [5.74, 6) is -0.623. The van der Waals surface area contributed by atoms with E-state index < -0.39 is 34.2 Å². The minimum absolute atomic E-state index is 0.0502. The average molecular weight is 614 g/mol. The standard InChI is InChI=1S/C14H9ClFN2O2S.3C4H9.Sn/c1-9-2-4-10(5-3-9)21(19,20)18-7-6-11-13(15)12(16)8-17-14(11)18;3*1-3-4-2;/h2-6,8H,1H3;3*1,3-4H2,2H3;. The third kappa shape index (κ3) is 5.49. The van der Waals surface area contributed by atoms with Crippen LogP contribution >= 0.6 is 11.6 Å². The van der Waals surface area contributed by atoms with Crippen LogP contribution in [-0.4, -0.2) is 35.8 Å². The fourth-order valence-corrected chi connectivity index (χ4v) is 24.7. The Labute approximate surface area is 212 Å². The van der Waals surface area contributed by atoms with Crippen LogP contribution in [0.25, 0.3) is 11.0 Å². The van der Waals surface area contributed by atoms with E-state index >= 15 is 0 Å². The van der Waals surface area contributed by atoms with Crippen LogP contribution in [-0.2, 0) is 10.0 Å². The van der Waals surface area contributed by atoms with Gasteiger partial charge in [0, 0.05) is 0 Å². The Hall–Kier alpha value is -1.12. The first-order valence-electron chi connectivity index (χ1n) is 12.4. The quantitative estimate of drug-likeness (QED) is 0.200. The molecular formula is C26H36ClFN2O2SSn. The molecule has 0 radical (unpaired) electrons. The fourth-order valence-electron chi connectivity index (χ4n) is 4.80. The van der Waals surface area contributed by atoms with Crippen LogP contribution < -0.4 is 3.71 Å². The van der Waals surface area contributed by atoms with Gasteiger partial charge in [-0.2, -0.15) is 0 Å². The maximum atomic E-state index is 14.4. The van der Waals surface area contributed by atoms with E-state index in [2.05, 4.69) is 25.8 Å². The molecule has 3 aromatic rings. The van der Waals surface area contributed by atoms with Crippen molar-refractivity contribution >= 4 is 54.7 Å². The zero-order valence-corrected chi connectivity index (χ0v) is 25.1. The first-order valence-corrected chi connectivity index (χ1v) is 21.7. The molecule has 0 unspecified atom stereocenters. The number of pyridine rings is 1. The molecule has 2 aromatic heterocycles. The Morgan fingerprint density at radius 2 is 1.50 bits per heavy atom. The first-order chi connectivity index (χ1) is 16.2. The van der Waals surface area contributed by atoms with Gasteiger partial charge in [-0.3, -0.25) is 0 Å². The number of hydrogen-bond acceptors (Lipinski definition) is 3. The molecule has 0 aliphatic carbocycles. The molecule has 2 heterocycles. The number of benzene rings is 1. The van der Waals surface area contributed by atoms with Gasteiger partial charge in [-0.25, -0.2) is 0 Å². The molecule has 0 fully saturated rings. The van der Waals surface area contributed by atoms with E-state index in [1.165, 1.54) is 3.97 Å². The number of fused-ring (bicyclic) bond motifs is 1. The van der Waals surface area contributed by atoms with Crippen molar-refractivity contribution < 1.29 is 12.8 Å². The van der Waals surface area contributed by atoms with Crippen molar-refractivity contribution in [2.24, 2.45) is 0 Å². The van der Waals surface area contributed by atoms with Crippen LogP contribution in [0.3, 0.4) is 0 Å². The molecule has 4 nitrogen and oxygen atoms in total. The predicted octanol–water partition coefficient (Wildman–Crippen LogP) is 7.43. The Morgan fingerprint density at radius 3 is 2.00 bits per heavy atom. The van der Waals surface area contributed by atoms with E-state index in [0.717, 1.165) is 67.3 Å². The van der Waals surface area contributed by atoms with Crippen molar-refractivity contribution in [3.8, 4) is 0 Å². The minimum atomic E-state index is -3.93. The number of unbranched alkanes of at least 4 members (excludes halogenated alkanes) is 3. The summed E-state index contributed by atoms with van der Waals surface area (Å²) in [5.41, 5.74) is 1.23. The molecule has 0 spiro atoms. The van der Waals surface area contributed by atoms with Gasteiger partial charge < -0.3 is 0 Å². The van der Waals surface area contributed by atoms with Crippen molar-refractivity contribution in [1.29, 1.82) is 0 Å². The molecule has 186 valence electrons. The Morgan fingerprint density at radius 1 is 0.971 bits per heavy atom. The Kier molecular flexibility index (Phi) is 9.49. The maximum absolute atomic E-state index is 14.4. The van der Waals surface area contributed by atoms with Gasteiger partial charge in [-0.05, 0) is 0 Å². The third-order valence-corrected chi connectivity index (χ3v) is 24.7. The molecule has 0 atom stereocenters. The molecule has 34 heavy (non-hydrogen) atoms. The number of hydrogen-bond donors (Lipinski definition) is 0. The van der Waals surface area contributed by atoms with Crippen LogP contribution in [0.2, 0.25) is 18.3 Å². The summed E-state index contributed by atoms with van der Waals surface area (Å²) < 4.78 is 48.2. The van der Waals surface area contributed by atoms with Gasteiger partial charge in [-0.1, -0.05) is 0 Å². The number of nitrogens with zero attached hydrogens (tertiary/aromatic N) is 2. The number of aryl methyl sites for hydroxylation is 1. The van der Waals surface area contributed by atoms with Gasteiger partial charge in [-0.15, -0.1) is 0 Å². The average Bonchev–Trinajstić information content (AvgIpc) is 3.23. The predicted molar refractivity (Wildman–Crippen MR) is 143 cm³/mol. The Balaban J connectivity index is 2.39. The van der Waals surface area contributed by atoms with E-state index in [1.807, 2.05) is 13.0 Å². The summed E-state index contributed by atoms with van der Waals surface area (Å²) in [5, 5.41) is 0.351. The summed E-state index contributed by atoms with van der Waals surface area (Å²) in [7, 11) is -3.93. The van der Waals surface area contributed by atoms with Crippen molar-refractivity contribution in [1.82, 2.24) is 8.96 Å². The van der Waals surface area contributed by atoms with Crippen molar-refractivity contribution in [2.75, 3.05) is 0 Å². The van der Waals surface area contributed by atoms with Crippen molar-refractivity contribution in [2.45, 2.75) is 84.4 Å². The molecule has 0 N–H and O–H groups in total. The summed E-state index contributed by atoms with van der Waals surface area (Å²) in [6, 6.07) is 8.79. The van der Waals surface area contributed by atoms with E-state index in [9.17, 15) is 12.8 Å². The molecule has 8 heteroatoms. The fraction of sp³-hybridized carbons (Fsp3) is 0.500. The molecule has 0 aliphatic heterocycles. The monoisotopic (exact) mass is 614 g/mol. The molecular weight excluding hydrogens is 578 g/mol. The zero-order valence-electron chi connectivity index (χ0n) is 20.7. The number of halogens is 2. The molecule has 0 amide bonds. The second-order valence-corrected chi connectivity index (χ2v) is 24.6. The van der Waals surface area contributed by atoms with Gasteiger partial charge in [0.2, 0.25) is 0 Å². The first kappa shape index (κ1) is 27.5. The third-order valence-electron chi connectivity index (χ3n) is 6.81. The summed E-state index contributed by atoms with van der Waals surface area (Å²) in [6.07, 6.45) is 7.46. The van der Waals surface area contributed by atoms with Gasteiger partial charge in [0.1, 0.15) is 0 Å². The van der Waals surface area contributed by atoms with Crippen LogP contribution in [0.5, 0.6) is 0 Å². The topological polar surface area (TPSA) is 52.0 Å². The number of rotatable bonds is 12. The van der Waals surface area contributed by atoms with E-state index in [1.54, 1.807) is 24.3 Å². The number of aromatic nitrogens is 2. The Bertz CT molecular complexity index is 1200. The second-order valence-electron chi connectivity index (χ2n) is 9.36. The van der Waals surface area contributed by atoms with E-state index in [-0.39, 0.29) is 15.6 Å².